The van der Waals surface area contributed by atoms with Crippen LogP contribution in [0.25, 0.3) is 22.1 Å². The lowest BCUT2D eigenvalue weighted by Crippen LogP contribution is -2.24. The van der Waals surface area contributed by atoms with Crippen molar-refractivity contribution < 1.29 is 18.3 Å². The van der Waals surface area contributed by atoms with Crippen LogP contribution in [0.5, 0.6) is 5.75 Å². The number of carbonyl (C=O) groups excluding carboxylic acids is 1. The Balaban J connectivity index is 1.74. The largest absolute Gasteiger partial charge is 0.463 e. The van der Waals surface area contributed by atoms with Crippen LogP contribution in [-0.2, 0) is 4.79 Å². The van der Waals surface area contributed by atoms with Crippen LogP contribution in [0.4, 0.5) is 4.39 Å². The lowest BCUT2D eigenvalue weighted by Gasteiger charge is -2.26. The number of ether oxygens (including phenoxy) is 1. The molecule has 156 valence electrons. The maximum Gasteiger partial charge on any atom is 0.312 e. The van der Waals surface area contributed by atoms with Crippen molar-refractivity contribution >= 4 is 16.9 Å². The van der Waals surface area contributed by atoms with E-state index >= 15 is 0 Å². The number of nitrogens with zero attached hydrogens (tertiary/aromatic N) is 2. The highest BCUT2D eigenvalue weighted by Crippen LogP contribution is 2.43. The van der Waals surface area contributed by atoms with E-state index in [1.54, 1.807) is 18.3 Å². The number of hydrogen-bond acceptors (Lipinski definition) is 5. The molecule has 0 amide bonds. The molecule has 4 aromatic rings. The van der Waals surface area contributed by atoms with Crippen LogP contribution in [0.1, 0.15) is 43.5 Å². The van der Waals surface area contributed by atoms with Gasteiger partial charge in [-0.1, -0.05) is 12.1 Å². The second-order valence-corrected chi connectivity index (χ2v) is 7.86. The van der Waals surface area contributed by atoms with Crippen molar-refractivity contribution in [2.24, 2.45) is 0 Å². The highest BCUT2D eigenvalue weighted by Gasteiger charge is 2.34. The molecule has 0 saturated carbocycles. The molecule has 31 heavy (non-hydrogen) atoms. The van der Waals surface area contributed by atoms with E-state index in [-0.39, 0.29) is 35.6 Å². The maximum atomic E-state index is 13.3. The molecule has 7 heteroatoms. The Bertz CT molecular complexity index is 1370. The van der Waals surface area contributed by atoms with Gasteiger partial charge >= 0.3 is 5.97 Å². The van der Waals surface area contributed by atoms with Crippen LogP contribution in [0, 0.1) is 5.82 Å². The van der Waals surface area contributed by atoms with E-state index in [2.05, 4.69) is 5.10 Å². The lowest BCUT2D eigenvalue weighted by molar-refractivity contribution is -0.135. The molecule has 6 nitrogen and oxygen atoms in total. The van der Waals surface area contributed by atoms with Crippen LogP contribution < -0.4 is 10.2 Å². The van der Waals surface area contributed by atoms with Gasteiger partial charge in [-0.2, -0.15) is 5.10 Å². The molecule has 0 fully saturated rings. The van der Waals surface area contributed by atoms with E-state index in [4.69, 9.17) is 9.15 Å². The van der Waals surface area contributed by atoms with Crippen molar-refractivity contribution in [2.75, 3.05) is 0 Å². The van der Waals surface area contributed by atoms with Gasteiger partial charge in [0.25, 0.3) is 0 Å². The van der Waals surface area contributed by atoms with Gasteiger partial charge in [-0.25, -0.2) is 4.39 Å². The molecule has 0 N–H and O–H groups in total. The van der Waals surface area contributed by atoms with E-state index in [9.17, 15) is 14.0 Å². The number of hydrogen-bond donors (Lipinski definition) is 0. The number of esters is 1. The Kier molecular flexibility index (Phi) is 4.46. The van der Waals surface area contributed by atoms with Gasteiger partial charge in [0, 0.05) is 29.4 Å². The Morgan fingerprint density at radius 3 is 2.61 bits per heavy atom. The summed E-state index contributed by atoms with van der Waals surface area (Å²) in [7, 11) is 0. The van der Waals surface area contributed by atoms with E-state index in [0.717, 1.165) is 5.69 Å². The monoisotopic (exact) mass is 418 g/mol. The zero-order chi connectivity index (χ0) is 21.7. The minimum Gasteiger partial charge on any atom is -0.463 e. The van der Waals surface area contributed by atoms with Crippen LogP contribution in [0.2, 0.25) is 0 Å². The molecular weight excluding hydrogens is 399 g/mol. The van der Waals surface area contributed by atoms with Crippen LogP contribution in [0.15, 0.2) is 64.1 Å². The zero-order valence-corrected chi connectivity index (χ0v) is 17.0. The van der Waals surface area contributed by atoms with Crippen molar-refractivity contribution in [1.82, 2.24) is 9.78 Å². The quantitative estimate of drug-likeness (QED) is 0.352. The number of aromatic nitrogens is 2. The molecule has 0 unspecified atom stereocenters. The highest BCUT2D eigenvalue weighted by atomic mass is 19.1. The predicted molar refractivity (Wildman–Crippen MR) is 113 cm³/mol. The fourth-order valence-electron chi connectivity index (χ4n) is 4.17. The number of rotatable bonds is 3. The molecule has 3 heterocycles. The second-order valence-electron chi connectivity index (χ2n) is 7.86. The van der Waals surface area contributed by atoms with Gasteiger partial charge in [0.15, 0.2) is 0 Å². The fourth-order valence-corrected chi connectivity index (χ4v) is 4.17. The van der Waals surface area contributed by atoms with Crippen LogP contribution >= 0.6 is 0 Å². The Morgan fingerprint density at radius 2 is 1.87 bits per heavy atom. The number of halogens is 1. The third-order valence-electron chi connectivity index (χ3n) is 5.59. The minimum atomic E-state index is -0.380. The maximum absolute atomic E-state index is 13.3. The average molecular weight is 418 g/mol. The summed E-state index contributed by atoms with van der Waals surface area (Å²) in [6.07, 6.45) is 3.20. The molecule has 1 atom stereocenters. The van der Waals surface area contributed by atoms with Gasteiger partial charge in [0.1, 0.15) is 23.4 Å². The molecule has 0 aliphatic carbocycles. The van der Waals surface area contributed by atoms with Crippen molar-refractivity contribution in [1.29, 1.82) is 0 Å². The van der Waals surface area contributed by atoms with Crippen molar-refractivity contribution in [3.05, 3.63) is 82.2 Å². The standard InChI is InChI=1S/C24H19FN2O4/c1-13(2)27-19(9-10-26-27)17-11-21(28)31-20-8-7-16-23(29)18(12-30-24(16)22(17)20)14-3-5-15(25)6-4-14/h3-10,12-13,17H,11H2,1-2H3/t17-/m1/s1. The molecule has 2 aromatic heterocycles. The Hall–Kier alpha value is -3.74. The first kappa shape index (κ1) is 19.2. The van der Waals surface area contributed by atoms with Crippen molar-refractivity contribution in [3.8, 4) is 16.9 Å². The molecule has 0 bridgehead atoms. The van der Waals surface area contributed by atoms with E-state index in [0.29, 0.717) is 33.4 Å². The summed E-state index contributed by atoms with van der Waals surface area (Å²) in [5.41, 5.74) is 2.55. The lowest BCUT2D eigenvalue weighted by atomic mass is 9.88. The van der Waals surface area contributed by atoms with E-state index in [1.807, 2.05) is 24.6 Å². The van der Waals surface area contributed by atoms with Gasteiger partial charge in [-0.05, 0) is 49.7 Å². The molecule has 2 aromatic carbocycles. The van der Waals surface area contributed by atoms with E-state index < -0.39 is 0 Å². The van der Waals surface area contributed by atoms with Gasteiger partial charge < -0.3 is 9.15 Å². The summed E-state index contributed by atoms with van der Waals surface area (Å²) in [4.78, 5) is 25.6. The summed E-state index contributed by atoms with van der Waals surface area (Å²) in [6, 6.07) is 10.9. The topological polar surface area (TPSA) is 74.3 Å². The minimum absolute atomic E-state index is 0.0958. The van der Waals surface area contributed by atoms with Crippen LogP contribution in [0.3, 0.4) is 0 Å². The number of carbonyl (C=O) groups is 1. The first-order valence-electron chi connectivity index (χ1n) is 10.0. The van der Waals surface area contributed by atoms with Gasteiger partial charge in [-0.3, -0.25) is 14.3 Å². The summed E-state index contributed by atoms with van der Waals surface area (Å²) in [5.74, 6) is -0.708. The highest BCUT2D eigenvalue weighted by molar-refractivity contribution is 5.90. The summed E-state index contributed by atoms with van der Waals surface area (Å²) in [5, 5.41) is 4.76. The molecule has 5 rings (SSSR count). The third kappa shape index (κ3) is 3.13. The SMILES string of the molecule is CC(C)n1nccc1[C@H]1CC(=O)Oc2ccc3c(=O)c(-c4ccc(F)cc4)coc3c21. The summed E-state index contributed by atoms with van der Waals surface area (Å²) >= 11 is 0. The van der Waals surface area contributed by atoms with Crippen molar-refractivity contribution in [3.63, 3.8) is 0 Å². The molecule has 0 spiro atoms. The van der Waals surface area contributed by atoms with E-state index in [1.165, 1.54) is 30.5 Å². The van der Waals surface area contributed by atoms with Crippen molar-refractivity contribution in [2.45, 2.75) is 32.2 Å². The first-order chi connectivity index (χ1) is 14.9. The predicted octanol–water partition coefficient (Wildman–Crippen LogP) is 4.82. The zero-order valence-electron chi connectivity index (χ0n) is 17.0. The second kappa shape index (κ2) is 7.19. The van der Waals surface area contributed by atoms with Crippen LogP contribution in [-0.4, -0.2) is 15.7 Å². The summed E-state index contributed by atoms with van der Waals surface area (Å²) < 4.78 is 26.6. The molecule has 1 aliphatic heterocycles. The Labute approximate surface area is 176 Å². The van der Waals surface area contributed by atoms with Gasteiger partial charge in [0.05, 0.1) is 17.4 Å². The number of benzene rings is 2. The smallest absolute Gasteiger partial charge is 0.312 e. The molecule has 1 aliphatic rings. The molecular formula is C24H19FN2O4. The first-order valence-corrected chi connectivity index (χ1v) is 10.0. The normalized spacial score (nSPS) is 15.9. The molecule has 0 saturated heterocycles. The summed E-state index contributed by atoms with van der Waals surface area (Å²) in [6.45, 7) is 4.02. The average Bonchev–Trinajstić information content (AvgIpc) is 3.24. The third-order valence-corrected chi connectivity index (χ3v) is 5.59. The Morgan fingerprint density at radius 1 is 1.10 bits per heavy atom. The molecule has 0 radical (unpaired) electrons. The van der Waals surface area contributed by atoms with Gasteiger partial charge in [-0.15, -0.1) is 0 Å². The number of fused-ring (bicyclic) bond motifs is 3. The fraction of sp³-hybridized carbons (Fsp3) is 0.208. The van der Waals surface area contributed by atoms with Gasteiger partial charge in [0.2, 0.25) is 5.43 Å².